The van der Waals surface area contributed by atoms with E-state index in [4.69, 9.17) is 17.0 Å². The molecule has 0 radical (unpaired) electrons. The molecule has 2 aromatic rings. The predicted octanol–water partition coefficient (Wildman–Crippen LogP) is 5.02. The molecule has 0 aliphatic carbocycles. The molecule has 0 saturated carbocycles. The maximum Gasteiger partial charge on any atom is 0.263 e. The van der Waals surface area contributed by atoms with Gasteiger partial charge in [-0.15, -0.1) is 0 Å². The third-order valence-electron chi connectivity index (χ3n) is 3.94. The Kier molecular flexibility index (Phi) is 5.74. The minimum Gasteiger partial charge on any atom is -0.486 e. The van der Waals surface area contributed by atoms with E-state index in [0.717, 1.165) is 5.56 Å². The number of hydrogen-bond acceptors (Lipinski definition) is 4. The van der Waals surface area contributed by atoms with Crippen LogP contribution in [0, 0.1) is 5.82 Å². The number of ether oxygens (including phenoxy) is 1. The normalized spacial score (nSPS) is 15.6. The number of nitrogens with one attached hydrogen (secondary N) is 1. The zero-order chi connectivity index (χ0) is 18.7. The molecule has 2 aromatic carbocycles. The van der Waals surface area contributed by atoms with E-state index in [-0.39, 0.29) is 11.7 Å². The highest BCUT2D eigenvalue weighted by molar-refractivity contribution is 8.26. The molecular formula is C20H18FNO2S2. The number of rotatable bonds is 5. The molecule has 26 heavy (non-hydrogen) atoms. The van der Waals surface area contributed by atoms with Crippen LogP contribution in [-0.4, -0.2) is 10.2 Å². The summed E-state index contributed by atoms with van der Waals surface area (Å²) in [6.07, 6.45) is 1.61. The minimum atomic E-state index is -0.468. The zero-order valence-corrected chi connectivity index (χ0v) is 16.0. The van der Waals surface area contributed by atoms with Gasteiger partial charge >= 0.3 is 0 Å². The zero-order valence-electron chi connectivity index (χ0n) is 14.4. The second kappa shape index (κ2) is 8.01. The lowest BCUT2D eigenvalue weighted by atomic mass is 10.0. The van der Waals surface area contributed by atoms with Gasteiger partial charge < -0.3 is 10.1 Å². The number of carbonyl (C=O) groups excluding carboxylic acids is 1. The molecule has 3 nitrogen and oxygen atoms in total. The molecule has 134 valence electrons. The summed E-state index contributed by atoms with van der Waals surface area (Å²) in [5, 5.41) is 2.53. The van der Waals surface area contributed by atoms with Crippen LogP contribution in [0.4, 0.5) is 4.39 Å². The van der Waals surface area contributed by atoms with Crippen molar-refractivity contribution in [2.45, 2.75) is 26.4 Å². The summed E-state index contributed by atoms with van der Waals surface area (Å²) in [6, 6.07) is 12.7. The van der Waals surface area contributed by atoms with Crippen molar-refractivity contribution in [2.24, 2.45) is 0 Å². The predicted molar refractivity (Wildman–Crippen MR) is 108 cm³/mol. The van der Waals surface area contributed by atoms with Crippen molar-refractivity contribution >= 4 is 40.3 Å². The third kappa shape index (κ3) is 4.51. The summed E-state index contributed by atoms with van der Waals surface area (Å²) in [7, 11) is 0. The smallest absolute Gasteiger partial charge is 0.263 e. The molecule has 1 amide bonds. The van der Waals surface area contributed by atoms with Crippen LogP contribution in [0.2, 0.25) is 0 Å². The van der Waals surface area contributed by atoms with Gasteiger partial charge in [-0.2, -0.15) is 0 Å². The van der Waals surface area contributed by atoms with Crippen molar-refractivity contribution in [3.05, 3.63) is 69.9 Å². The Balaban J connectivity index is 1.67. The van der Waals surface area contributed by atoms with E-state index in [1.54, 1.807) is 18.2 Å². The molecular weight excluding hydrogens is 369 g/mol. The topological polar surface area (TPSA) is 38.3 Å². The van der Waals surface area contributed by atoms with Gasteiger partial charge in [-0.1, -0.05) is 68.2 Å². The van der Waals surface area contributed by atoms with Crippen molar-refractivity contribution in [2.75, 3.05) is 0 Å². The van der Waals surface area contributed by atoms with Crippen LogP contribution in [0.15, 0.2) is 47.4 Å². The molecule has 0 bridgehead atoms. The number of thiocarbonyl (C=S) groups is 1. The fourth-order valence-corrected chi connectivity index (χ4v) is 3.50. The van der Waals surface area contributed by atoms with Crippen molar-refractivity contribution < 1.29 is 13.9 Å². The van der Waals surface area contributed by atoms with Gasteiger partial charge in [0.2, 0.25) is 0 Å². The van der Waals surface area contributed by atoms with Gasteiger partial charge in [0.05, 0.1) is 4.91 Å². The maximum atomic E-state index is 14.3. The van der Waals surface area contributed by atoms with E-state index >= 15 is 0 Å². The molecule has 3 rings (SSSR count). The van der Waals surface area contributed by atoms with Gasteiger partial charge in [-0.3, -0.25) is 4.79 Å². The maximum absolute atomic E-state index is 14.3. The molecule has 1 aliphatic rings. The molecule has 1 fully saturated rings. The van der Waals surface area contributed by atoms with Crippen molar-refractivity contribution in [3.63, 3.8) is 0 Å². The number of carbonyl (C=O) groups is 1. The lowest BCUT2D eigenvalue weighted by Crippen LogP contribution is -2.17. The fourth-order valence-electron chi connectivity index (χ4n) is 2.46. The van der Waals surface area contributed by atoms with Crippen LogP contribution in [0.1, 0.15) is 36.5 Å². The molecule has 0 atom stereocenters. The standard InChI is InChI=1S/C20H18FNO2S2/c1-12(2)15-6-3-13(4-7-15)11-24-17-8-5-14(9-16(17)21)10-18-19(23)22-20(25)26-18/h3-10,12H,11H2,1-2H3,(H,22,23,25)/b18-10-. The SMILES string of the molecule is CC(C)c1ccc(COc2ccc(/C=C3\SC(=S)NC3=O)cc2F)cc1. The Morgan fingerprint density at radius 2 is 1.96 bits per heavy atom. The van der Waals surface area contributed by atoms with E-state index in [1.165, 1.54) is 23.4 Å². The first kappa shape index (κ1) is 18.6. The number of hydrogen-bond donors (Lipinski definition) is 1. The Morgan fingerprint density at radius 1 is 1.23 bits per heavy atom. The summed E-state index contributed by atoms with van der Waals surface area (Å²) < 4.78 is 20.3. The number of halogens is 1. The van der Waals surface area contributed by atoms with Crippen molar-refractivity contribution in [3.8, 4) is 5.75 Å². The summed E-state index contributed by atoms with van der Waals surface area (Å²) in [4.78, 5) is 12.1. The average molecular weight is 388 g/mol. The summed E-state index contributed by atoms with van der Waals surface area (Å²) >= 11 is 6.10. The number of amides is 1. The van der Waals surface area contributed by atoms with Crippen LogP contribution in [-0.2, 0) is 11.4 Å². The molecule has 0 aromatic heterocycles. The van der Waals surface area contributed by atoms with E-state index < -0.39 is 5.82 Å². The quantitative estimate of drug-likeness (QED) is 0.578. The van der Waals surface area contributed by atoms with Crippen LogP contribution in [0.25, 0.3) is 6.08 Å². The second-order valence-electron chi connectivity index (χ2n) is 6.23. The van der Waals surface area contributed by atoms with Crippen LogP contribution < -0.4 is 10.1 Å². The Labute approximate surface area is 161 Å². The highest BCUT2D eigenvalue weighted by Gasteiger charge is 2.22. The average Bonchev–Trinajstić information content (AvgIpc) is 2.91. The van der Waals surface area contributed by atoms with E-state index in [0.29, 0.717) is 27.3 Å². The molecule has 0 spiro atoms. The number of thioether (sulfide) groups is 1. The molecule has 0 unspecified atom stereocenters. The van der Waals surface area contributed by atoms with Crippen LogP contribution >= 0.6 is 24.0 Å². The van der Waals surface area contributed by atoms with Crippen molar-refractivity contribution in [1.29, 1.82) is 0 Å². The Hall–Kier alpha value is -2.18. The largest absolute Gasteiger partial charge is 0.486 e. The Morgan fingerprint density at radius 3 is 2.54 bits per heavy atom. The van der Waals surface area contributed by atoms with Crippen LogP contribution in [0.3, 0.4) is 0 Å². The lowest BCUT2D eigenvalue weighted by molar-refractivity contribution is -0.115. The highest BCUT2D eigenvalue weighted by atomic mass is 32.2. The van der Waals surface area contributed by atoms with Gasteiger partial charge in [0.1, 0.15) is 10.9 Å². The first-order valence-corrected chi connectivity index (χ1v) is 9.41. The van der Waals surface area contributed by atoms with Gasteiger partial charge in [0.25, 0.3) is 5.91 Å². The first-order valence-electron chi connectivity index (χ1n) is 8.18. The lowest BCUT2D eigenvalue weighted by Gasteiger charge is -2.10. The first-order chi connectivity index (χ1) is 12.4. The summed E-state index contributed by atoms with van der Waals surface area (Å²) in [6.45, 7) is 4.57. The molecule has 1 heterocycles. The molecule has 1 saturated heterocycles. The summed E-state index contributed by atoms with van der Waals surface area (Å²) in [5.41, 5.74) is 2.82. The molecule has 1 N–H and O–H groups in total. The van der Waals surface area contributed by atoms with Gasteiger partial charge in [-0.25, -0.2) is 4.39 Å². The van der Waals surface area contributed by atoms with E-state index in [9.17, 15) is 9.18 Å². The minimum absolute atomic E-state index is 0.180. The van der Waals surface area contributed by atoms with E-state index in [2.05, 4.69) is 31.3 Å². The van der Waals surface area contributed by atoms with Gasteiger partial charge in [0, 0.05) is 0 Å². The van der Waals surface area contributed by atoms with E-state index in [1.807, 2.05) is 12.1 Å². The Bertz CT molecular complexity index is 876. The second-order valence-corrected chi connectivity index (χ2v) is 7.95. The van der Waals surface area contributed by atoms with Gasteiger partial charge in [-0.05, 0) is 40.8 Å². The third-order valence-corrected chi connectivity index (χ3v) is 5.10. The molecule has 1 aliphatic heterocycles. The summed E-state index contributed by atoms with van der Waals surface area (Å²) in [5.74, 6) is -0.0765. The van der Waals surface area contributed by atoms with Crippen molar-refractivity contribution in [1.82, 2.24) is 5.32 Å². The monoisotopic (exact) mass is 387 g/mol. The molecule has 6 heteroatoms. The van der Waals surface area contributed by atoms with Crippen LogP contribution in [0.5, 0.6) is 5.75 Å². The number of benzene rings is 2. The fraction of sp³-hybridized carbons (Fsp3) is 0.200. The van der Waals surface area contributed by atoms with Gasteiger partial charge in [0.15, 0.2) is 11.6 Å². The highest BCUT2D eigenvalue weighted by Crippen LogP contribution is 2.27.